The molecule has 1 heterocycles. The van der Waals surface area contributed by atoms with Gasteiger partial charge in [-0.05, 0) is 19.9 Å². The van der Waals surface area contributed by atoms with Crippen LogP contribution in [0, 0.1) is 0 Å². The summed E-state index contributed by atoms with van der Waals surface area (Å²) in [6.45, 7) is 6.94. The van der Waals surface area contributed by atoms with E-state index in [9.17, 15) is 0 Å². The Morgan fingerprint density at radius 3 is 3.07 bits per heavy atom. The van der Waals surface area contributed by atoms with E-state index in [1.54, 1.807) is 7.11 Å². The number of imidazole rings is 1. The molecule has 1 unspecified atom stereocenters. The molecule has 1 aromatic heterocycles. The van der Waals surface area contributed by atoms with Crippen LogP contribution < -0.4 is 5.32 Å². The zero-order valence-electron chi connectivity index (χ0n) is 9.86. The molecule has 0 fully saturated rings. The third-order valence-corrected chi connectivity index (χ3v) is 2.37. The monoisotopic (exact) mass is 211 g/mol. The Morgan fingerprint density at radius 2 is 2.40 bits per heavy atom. The van der Waals surface area contributed by atoms with Gasteiger partial charge < -0.3 is 14.6 Å². The van der Waals surface area contributed by atoms with E-state index in [1.807, 2.05) is 12.4 Å². The zero-order chi connectivity index (χ0) is 11.1. The fraction of sp³-hybridized carbons (Fsp3) is 0.727. The fourth-order valence-electron chi connectivity index (χ4n) is 1.40. The topological polar surface area (TPSA) is 39.1 Å². The number of aromatic nitrogens is 2. The minimum Gasteiger partial charge on any atom is -0.380 e. The van der Waals surface area contributed by atoms with Gasteiger partial charge in [0.1, 0.15) is 5.82 Å². The van der Waals surface area contributed by atoms with Gasteiger partial charge in [0.25, 0.3) is 0 Å². The summed E-state index contributed by atoms with van der Waals surface area (Å²) in [5, 5.41) is 3.34. The first-order valence-corrected chi connectivity index (χ1v) is 5.51. The van der Waals surface area contributed by atoms with Crippen LogP contribution in [-0.4, -0.2) is 29.3 Å². The lowest BCUT2D eigenvalue weighted by Gasteiger charge is -2.13. The summed E-state index contributed by atoms with van der Waals surface area (Å²) >= 11 is 0. The first-order valence-electron chi connectivity index (χ1n) is 5.51. The van der Waals surface area contributed by atoms with Crippen molar-refractivity contribution in [3.8, 4) is 0 Å². The Morgan fingerprint density at radius 1 is 1.60 bits per heavy atom. The maximum absolute atomic E-state index is 5.24. The standard InChI is InChI=1S/C11H21N3O/c1-4-5-12-8-11-13-6-7-14(11)9-10(2)15-3/h6-7,10,12H,4-5,8-9H2,1-3H3. The van der Waals surface area contributed by atoms with Crippen LogP contribution in [-0.2, 0) is 17.8 Å². The molecule has 0 aliphatic rings. The molecule has 0 aliphatic heterocycles. The summed E-state index contributed by atoms with van der Waals surface area (Å²) < 4.78 is 7.37. The van der Waals surface area contributed by atoms with Crippen molar-refractivity contribution in [1.29, 1.82) is 0 Å². The molecule has 0 bridgehead atoms. The number of nitrogens with zero attached hydrogens (tertiary/aromatic N) is 2. The smallest absolute Gasteiger partial charge is 0.122 e. The molecule has 0 spiro atoms. The first kappa shape index (κ1) is 12.2. The van der Waals surface area contributed by atoms with Crippen LogP contribution in [0.15, 0.2) is 12.4 Å². The van der Waals surface area contributed by atoms with Gasteiger partial charge in [0.2, 0.25) is 0 Å². The molecule has 4 heteroatoms. The molecule has 4 nitrogen and oxygen atoms in total. The summed E-state index contributed by atoms with van der Waals surface area (Å²) in [5.41, 5.74) is 0. The molecule has 0 radical (unpaired) electrons. The normalized spacial score (nSPS) is 13.0. The quantitative estimate of drug-likeness (QED) is 0.693. The van der Waals surface area contributed by atoms with Gasteiger partial charge in [-0.1, -0.05) is 6.92 Å². The van der Waals surface area contributed by atoms with Crippen LogP contribution in [0.25, 0.3) is 0 Å². The van der Waals surface area contributed by atoms with Crippen molar-refractivity contribution in [2.24, 2.45) is 0 Å². The molecule has 0 aliphatic carbocycles. The molecule has 0 aromatic carbocycles. The van der Waals surface area contributed by atoms with Gasteiger partial charge >= 0.3 is 0 Å². The molecule has 15 heavy (non-hydrogen) atoms. The number of rotatable bonds is 7. The predicted octanol–water partition coefficient (Wildman–Crippen LogP) is 1.42. The third-order valence-electron chi connectivity index (χ3n) is 2.37. The highest BCUT2D eigenvalue weighted by atomic mass is 16.5. The summed E-state index contributed by atoms with van der Waals surface area (Å²) in [4.78, 5) is 4.32. The summed E-state index contributed by atoms with van der Waals surface area (Å²) in [5.74, 6) is 1.08. The van der Waals surface area contributed by atoms with E-state index >= 15 is 0 Å². The van der Waals surface area contributed by atoms with Crippen LogP contribution in [0.3, 0.4) is 0 Å². The van der Waals surface area contributed by atoms with Crippen molar-refractivity contribution in [3.63, 3.8) is 0 Å². The predicted molar refractivity (Wildman–Crippen MR) is 60.7 cm³/mol. The lowest BCUT2D eigenvalue weighted by molar-refractivity contribution is 0.102. The average molecular weight is 211 g/mol. The highest BCUT2D eigenvalue weighted by molar-refractivity contribution is 4.92. The maximum Gasteiger partial charge on any atom is 0.122 e. The van der Waals surface area contributed by atoms with Crippen molar-refractivity contribution in [1.82, 2.24) is 14.9 Å². The second-order valence-electron chi connectivity index (χ2n) is 3.72. The van der Waals surface area contributed by atoms with Crippen molar-refractivity contribution >= 4 is 0 Å². The molecule has 1 N–H and O–H groups in total. The number of nitrogens with one attached hydrogen (secondary N) is 1. The Kier molecular flexibility index (Phi) is 5.36. The molecule has 1 atom stereocenters. The van der Waals surface area contributed by atoms with Crippen LogP contribution in [0.2, 0.25) is 0 Å². The fourth-order valence-corrected chi connectivity index (χ4v) is 1.40. The van der Waals surface area contributed by atoms with E-state index in [0.29, 0.717) is 0 Å². The lowest BCUT2D eigenvalue weighted by atomic mass is 10.4. The second kappa shape index (κ2) is 6.58. The SMILES string of the molecule is CCCNCc1nccn1CC(C)OC. The zero-order valence-corrected chi connectivity index (χ0v) is 9.86. The highest BCUT2D eigenvalue weighted by Gasteiger charge is 2.05. The number of methoxy groups -OCH3 is 1. The molecule has 86 valence electrons. The van der Waals surface area contributed by atoms with E-state index in [4.69, 9.17) is 4.74 Å². The molecule has 0 amide bonds. The second-order valence-corrected chi connectivity index (χ2v) is 3.72. The number of ether oxygens (including phenoxy) is 1. The van der Waals surface area contributed by atoms with E-state index in [-0.39, 0.29) is 6.10 Å². The van der Waals surface area contributed by atoms with Crippen LogP contribution in [0.5, 0.6) is 0 Å². The third kappa shape index (κ3) is 4.01. The van der Waals surface area contributed by atoms with Crippen LogP contribution >= 0.6 is 0 Å². The summed E-state index contributed by atoms with van der Waals surface area (Å²) in [6.07, 6.45) is 5.21. The Hall–Kier alpha value is -0.870. The lowest BCUT2D eigenvalue weighted by Crippen LogP contribution is -2.21. The summed E-state index contributed by atoms with van der Waals surface area (Å²) in [6, 6.07) is 0. The van der Waals surface area contributed by atoms with Crippen molar-refractivity contribution in [3.05, 3.63) is 18.2 Å². The number of hydrogen-bond acceptors (Lipinski definition) is 3. The van der Waals surface area contributed by atoms with Crippen LogP contribution in [0.1, 0.15) is 26.1 Å². The van der Waals surface area contributed by atoms with Gasteiger partial charge in [0.15, 0.2) is 0 Å². The van der Waals surface area contributed by atoms with Gasteiger partial charge in [-0.3, -0.25) is 0 Å². The largest absolute Gasteiger partial charge is 0.380 e. The molecule has 0 saturated heterocycles. The van der Waals surface area contributed by atoms with E-state index in [0.717, 1.165) is 31.9 Å². The van der Waals surface area contributed by atoms with E-state index < -0.39 is 0 Å². The average Bonchev–Trinajstić information content (AvgIpc) is 2.66. The van der Waals surface area contributed by atoms with Crippen molar-refractivity contribution in [2.45, 2.75) is 39.5 Å². The number of hydrogen-bond donors (Lipinski definition) is 1. The van der Waals surface area contributed by atoms with Crippen molar-refractivity contribution < 1.29 is 4.74 Å². The minimum absolute atomic E-state index is 0.226. The van der Waals surface area contributed by atoms with Gasteiger partial charge in [0.05, 0.1) is 12.6 Å². The molecular weight excluding hydrogens is 190 g/mol. The van der Waals surface area contributed by atoms with Gasteiger partial charge in [-0.2, -0.15) is 0 Å². The van der Waals surface area contributed by atoms with Crippen molar-refractivity contribution in [2.75, 3.05) is 13.7 Å². The Balaban J connectivity index is 2.45. The maximum atomic E-state index is 5.24. The Labute approximate surface area is 91.7 Å². The van der Waals surface area contributed by atoms with Gasteiger partial charge in [-0.25, -0.2) is 4.98 Å². The summed E-state index contributed by atoms with van der Waals surface area (Å²) in [7, 11) is 1.73. The van der Waals surface area contributed by atoms with Gasteiger partial charge in [0, 0.05) is 26.0 Å². The van der Waals surface area contributed by atoms with E-state index in [2.05, 4.69) is 28.7 Å². The molecule has 1 rings (SSSR count). The first-order chi connectivity index (χ1) is 7.27. The van der Waals surface area contributed by atoms with Gasteiger partial charge in [-0.15, -0.1) is 0 Å². The van der Waals surface area contributed by atoms with Crippen LogP contribution in [0.4, 0.5) is 0 Å². The Bertz CT molecular complexity index is 273. The highest BCUT2D eigenvalue weighted by Crippen LogP contribution is 2.01. The molecule has 0 saturated carbocycles. The van der Waals surface area contributed by atoms with E-state index in [1.165, 1.54) is 0 Å². The molecular formula is C11H21N3O. The molecule has 1 aromatic rings. The minimum atomic E-state index is 0.226.